The fraction of sp³-hybridized carbons (Fsp3) is 0.462. The quantitative estimate of drug-likeness (QED) is 0.829. The fourth-order valence-corrected chi connectivity index (χ4v) is 2.52. The summed E-state index contributed by atoms with van der Waals surface area (Å²) in [5.74, 6) is 0. The van der Waals surface area contributed by atoms with Crippen molar-refractivity contribution in [1.29, 1.82) is 0 Å². The van der Waals surface area contributed by atoms with E-state index in [-0.39, 0.29) is 6.04 Å². The average molecular weight is 250 g/mol. The molecule has 17 heavy (non-hydrogen) atoms. The minimum atomic E-state index is 0.236. The lowest BCUT2D eigenvalue weighted by molar-refractivity contribution is 0.179. The Balaban J connectivity index is 2.02. The van der Waals surface area contributed by atoms with Gasteiger partial charge in [-0.2, -0.15) is 0 Å². The van der Waals surface area contributed by atoms with Gasteiger partial charge in [0.15, 0.2) is 5.11 Å². The number of rotatable bonds is 3. The molecule has 3 nitrogen and oxygen atoms in total. The molecule has 0 spiro atoms. The van der Waals surface area contributed by atoms with Crippen molar-refractivity contribution in [2.45, 2.75) is 19.4 Å². The maximum atomic E-state index is 5.44. The van der Waals surface area contributed by atoms with E-state index in [1.54, 1.807) is 7.11 Å². The van der Waals surface area contributed by atoms with Gasteiger partial charge >= 0.3 is 0 Å². The Labute approximate surface area is 108 Å². The van der Waals surface area contributed by atoms with Crippen molar-refractivity contribution in [3.63, 3.8) is 0 Å². The summed E-state index contributed by atoms with van der Waals surface area (Å²) in [5, 5.41) is 4.09. The van der Waals surface area contributed by atoms with E-state index in [0.29, 0.717) is 6.61 Å². The van der Waals surface area contributed by atoms with Crippen LogP contribution in [0.2, 0.25) is 0 Å². The van der Waals surface area contributed by atoms with Gasteiger partial charge in [-0.25, -0.2) is 0 Å². The van der Waals surface area contributed by atoms with E-state index in [1.165, 1.54) is 11.3 Å². The molecule has 0 aliphatic carbocycles. The minimum Gasteiger partial charge on any atom is -0.383 e. The number of nitrogens with one attached hydrogen (secondary N) is 1. The van der Waals surface area contributed by atoms with Gasteiger partial charge in [0.2, 0.25) is 0 Å². The molecule has 0 amide bonds. The Morgan fingerprint density at radius 3 is 3.06 bits per heavy atom. The van der Waals surface area contributed by atoms with E-state index in [9.17, 15) is 0 Å². The predicted octanol–water partition coefficient (Wildman–Crippen LogP) is 1.96. The third kappa shape index (κ3) is 2.76. The first-order valence-electron chi connectivity index (χ1n) is 5.87. The number of hydrogen-bond acceptors (Lipinski definition) is 2. The number of nitrogens with zero attached hydrogens (tertiary/aromatic N) is 1. The van der Waals surface area contributed by atoms with Gasteiger partial charge in [0, 0.05) is 25.4 Å². The molecule has 2 rings (SSSR count). The van der Waals surface area contributed by atoms with Gasteiger partial charge in [-0.15, -0.1) is 0 Å². The minimum absolute atomic E-state index is 0.236. The molecule has 0 unspecified atom stereocenters. The van der Waals surface area contributed by atoms with E-state index in [0.717, 1.165) is 18.1 Å². The Hall–Kier alpha value is -1.13. The summed E-state index contributed by atoms with van der Waals surface area (Å²) >= 11 is 5.44. The molecular formula is C13H18N2OS. The summed E-state index contributed by atoms with van der Waals surface area (Å²) in [6.45, 7) is 3.69. The summed E-state index contributed by atoms with van der Waals surface area (Å²) in [5.41, 5.74) is 2.60. The number of methoxy groups -OCH3 is 1. The van der Waals surface area contributed by atoms with Crippen LogP contribution >= 0.6 is 12.2 Å². The van der Waals surface area contributed by atoms with Crippen molar-refractivity contribution in [1.82, 2.24) is 5.32 Å². The second-order valence-electron chi connectivity index (χ2n) is 4.34. The maximum Gasteiger partial charge on any atom is 0.173 e. The zero-order chi connectivity index (χ0) is 12.3. The predicted molar refractivity (Wildman–Crippen MR) is 74.6 cm³/mol. The Morgan fingerprint density at radius 2 is 2.29 bits per heavy atom. The van der Waals surface area contributed by atoms with Crippen LogP contribution in [0.15, 0.2) is 24.3 Å². The molecule has 1 aromatic carbocycles. The van der Waals surface area contributed by atoms with Crippen LogP contribution in [0.5, 0.6) is 0 Å². The second kappa shape index (κ2) is 5.47. The van der Waals surface area contributed by atoms with Crippen LogP contribution in [-0.2, 0) is 11.2 Å². The number of ether oxygens (including phenoxy) is 1. The molecule has 0 saturated carbocycles. The Morgan fingerprint density at radius 1 is 1.53 bits per heavy atom. The van der Waals surface area contributed by atoms with Gasteiger partial charge in [0.1, 0.15) is 0 Å². The lowest BCUT2D eigenvalue weighted by atomic mass is 10.2. The molecule has 4 heteroatoms. The normalized spacial score (nSPS) is 15.5. The number of benzene rings is 1. The van der Waals surface area contributed by atoms with Crippen LogP contribution in [0.4, 0.5) is 5.69 Å². The molecule has 1 N–H and O–H groups in total. The first kappa shape index (κ1) is 12.3. The van der Waals surface area contributed by atoms with Gasteiger partial charge in [0.05, 0.1) is 6.61 Å². The molecule has 1 atom stereocenters. The third-order valence-electron chi connectivity index (χ3n) is 2.92. The summed E-state index contributed by atoms with van der Waals surface area (Å²) in [6, 6.07) is 8.65. The van der Waals surface area contributed by atoms with Gasteiger partial charge in [0.25, 0.3) is 0 Å². The lowest BCUT2D eigenvalue weighted by Gasteiger charge is -2.24. The van der Waals surface area contributed by atoms with Gasteiger partial charge in [-0.1, -0.05) is 18.2 Å². The smallest absolute Gasteiger partial charge is 0.173 e. The standard InChI is InChI=1S/C13H18N2OS/c1-10(9-16-2)14-13(17)15-8-7-11-5-3-4-6-12(11)15/h3-6,10H,7-9H2,1-2H3,(H,14,17)/t10-/m1/s1. The monoisotopic (exact) mass is 250 g/mol. The van der Waals surface area contributed by atoms with Crippen molar-refractivity contribution in [3.8, 4) is 0 Å². The molecule has 0 aromatic heterocycles. The molecule has 92 valence electrons. The first-order valence-corrected chi connectivity index (χ1v) is 6.28. The lowest BCUT2D eigenvalue weighted by Crippen LogP contribution is -2.44. The van der Waals surface area contributed by atoms with Crippen LogP contribution in [0.1, 0.15) is 12.5 Å². The van der Waals surface area contributed by atoms with Crippen molar-refractivity contribution in [2.24, 2.45) is 0 Å². The highest BCUT2D eigenvalue weighted by atomic mass is 32.1. The van der Waals surface area contributed by atoms with E-state index in [4.69, 9.17) is 17.0 Å². The Kier molecular flexibility index (Phi) is 3.97. The summed E-state index contributed by atoms with van der Waals surface area (Å²) in [6.07, 6.45) is 1.07. The second-order valence-corrected chi connectivity index (χ2v) is 4.72. The fourth-order valence-electron chi connectivity index (χ4n) is 2.13. The van der Waals surface area contributed by atoms with Crippen molar-refractivity contribution in [2.75, 3.05) is 25.2 Å². The highest BCUT2D eigenvalue weighted by molar-refractivity contribution is 7.80. The SMILES string of the molecule is COC[C@@H](C)NC(=S)N1CCc2ccccc21. The van der Waals surface area contributed by atoms with Crippen LogP contribution in [0.3, 0.4) is 0 Å². The molecule has 1 aliphatic heterocycles. The largest absolute Gasteiger partial charge is 0.383 e. The molecule has 0 bridgehead atoms. The number of fused-ring (bicyclic) bond motifs is 1. The molecule has 1 aliphatic rings. The van der Waals surface area contributed by atoms with Crippen LogP contribution in [0, 0.1) is 0 Å². The van der Waals surface area contributed by atoms with Crippen molar-refractivity contribution >= 4 is 23.0 Å². The first-order chi connectivity index (χ1) is 8.22. The van der Waals surface area contributed by atoms with E-state index >= 15 is 0 Å². The average Bonchev–Trinajstić information content (AvgIpc) is 2.72. The number of thiocarbonyl (C=S) groups is 1. The number of anilines is 1. The molecule has 0 radical (unpaired) electrons. The molecule has 1 heterocycles. The van der Waals surface area contributed by atoms with Crippen LogP contribution < -0.4 is 10.2 Å². The van der Waals surface area contributed by atoms with E-state index < -0.39 is 0 Å². The topological polar surface area (TPSA) is 24.5 Å². The zero-order valence-corrected chi connectivity index (χ0v) is 11.1. The highest BCUT2D eigenvalue weighted by Gasteiger charge is 2.22. The third-order valence-corrected chi connectivity index (χ3v) is 3.26. The summed E-state index contributed by atoms with van der Waals surface area (Å²) in [4.78, 5) is 2.16. The van der Waals surface area contributed by atoms with Gasteiger partial charge in [-0.05, 0) is 37.2 Å². The van der Waals surface area contributed by atoms with Crippen molar-refractivity contribution in [3.05, 3.63) is 29.8 Å². The Bertz CT molecular complexity index is 408. The van der Waals surface area contributed by atoms with Crippen LogP contribution in [0.25, 0.3) is 0 Å². The van der Waals surface area contributed by atoms with Gasteiger partial charge < -0.3 is 15.0 Å². The number of para-hydroxylation sites is 1. The van der Waals surface area contributed by atoms with Crippen LogP contribution in [-0.4, -0.2) is 31.4 Å². The zero-order valence-electron chi connectivity index (χ0n) is 10.3. The summed E-state index contributed by atoms with van der Waals surface area (Å²) in [7, 11) is 1.70. The van der Waals surface area contributed by atoms with E-state index in [1.807, 2.05) is 0 Å². The molecule has 0 fully saturated rings. The van der Waals surface area contributed by atoms with Gasteiger partial charge in [-0.3, -0.25) is 0 Å². The molecule has 0 saturated heterocycles. The molecule has 1 aromatic rings. The maximum absolute atomic E-state index is 5.44. The molecular weight excluding hydrogens is 232 g/mol. The summed E-state index contributed by atoms with van der Waals surface area (Å²) < 4.78 is 5.10. The highest BCUT2D eigenvalue weighted by Crippen LogP contribution is 2.27. The number of hydrogen-bond donors (Lipinski definition) is 1. The van der Waals surface area contributed by atoms with E-state index in [2.05, 4.69) is 41.4 Å². The van der Waals surface area contributed by atoms with Crippen molar-refractivity contribution < 1.29 is 4.74 Å².